The predicted molar refractivity (Wildman–Crippen MR) is 91.3 cm³/mol. The molecule has 1 fully saturated rings. The van der Waals surface area contributed by atoms with Crippen LogP contribution in [0.4, 0.5) is 10.2 Å². The third-order valence-electron chi connectivity index (χ3n) is 3.92. The average Bonchev–Trinajstić information content (AvgIpc) is 2.93. The van der Waals surface area contributed by atoms with E-state index in [1.54, 1.807) is 24.5 Å². The number of amides is 1. The zero-order chi connectivity index (χ0) is 16.7. The van der Waals surface area contributed by atoms with E-state index in [-0.39, 0.29) is 18.3 Å². The SMILES string of the molecule is O=C1CN(c2nccn3c(Br)c(-c4ccc(F)cc4)nc23)CCN1. The maximum Gasteiger partial charge on any atom is 0.239 e. The molecule has 3 heterocycles. The highest BCUT2D eigenvalue weighted by Gasteiger charge is 2.22. The van der Waals surface area contributed by atoms with Gasteiger partial charge in [-0.25, -0.2) is 14.4 Å². The first-order valence-corrected chi connectivity index (χ1v) is 8.23. The number of hydrogen-bond donors (Lipinski definition) is 1. The standard InChI is InChI=1S/C16H13BrFN5O/c17-14-13(10-1-3-11(18)4-2-10)21-16-15(20-6-8-23(14)16)22-7-5-19-12(24)9-22/h1-4,6,8H,5,7,9H2,(H,19,24). The molecular weight excluding hydrogens is 377 g/mol. The van der Waals surface area contributed by atoms with Gasteiger partial charge in [-0.15, -0.1) is 0 Å². The Labute approximate surface area is 145 Å². The van der Waals surface area contributed by atoms with E-state index in [0.29, 0.717) is 30.2 Å². The normalized spacial score (nSPS) is 14.9. The summed E-state index contributed by atoms with van der Waals surface area (Å²) in [5.74, 6) is 0.330. The van der Waals surface area contributed by atoms with Crippen LogP contribution in [0, 0.1) is 5.82 Å². The van der Waals surface area contributed by atoms with Crippen molar-refractivity contribution in [2.75, 3.05) is 24.5 Å². The molecule has 0 radical (unpaired) electrons. The smallest absolute Gasteiger partial charge is 0.239 e. The number of hydrogen-bond acceptors (Lipinski definition) is 4. The molecule has 6 nitrogen and oxygen atoms in total. The van der Waals surface area contributed by atoms with E-state index in [1.807, 2.05) is 9.30 Å². The average molecular weight is 390 g/mol. The first-order chi connectivity index (χ1) is 11.6. The van der Waals surface area contributed by atoms with Crippen LogP contribution in [0.25, 0.3) is 16.9 Å². The largest absolute Gasteiger partial charge is 0.353 e. The van der Waals surface area contributed by atoms with Crippen molar-refractivity contribution in [3.63, 3.8) is 0 Å². The van der Waals surface area contributed by atoms with E-state index < -0.39 is 0 Å². The molecule has 0 spiro atoms. The Morgan fingerprint density at radius 2 is 2.04 bits per heavy atom. The van der Waals surface area contributed by atoms with Crippen LogP contribution in [0.2, 0.25) is 0 Å². The Hall–Kier alpha value is -2.48. The number of anilines is 1. The second-order valence-electron chi connectivity index (χ2n) is 5.47. The molecule has 2 aromatic heterocycles. The highest BCUT2D eigenvalue weighted by atomic mass is 79.9. The number of rotatable bonds is 2. The zero-order valence-electron chi connectivity index (χ0n) is 12.5. The van der Waals surface area contributed by atoms with E-state index in [1.165, 1.54) is 12.1 Å². The summed E-state index contributed by atoms with van der Waals surface area (Å²) in [6, 6.07) is 6.17. The first kappa shape index (κ1) is 15.1. The number of aromatic nitrogens is 3. The minimum absolute atomic E-state index is 0.0329. The summed E-state index contributed by atoms with van der Waals surface area (Å²) >= 11 is 3.56. The number of piperazine rings is 1. The lowest BCUT2D eigenvalue weighted by molar-refractivity contribution is -0.120. The third kappa shape index (κ3) is 2.52. The number of carbonyl (C=O) groups excluding carboxylic acids is 1. The van der Waals surface area contributed by atoms with Crippen molar-refractivity contribution >= 4 is 33.3 Å². The molecule has 1 aromatic carbocycles. The molecule has 1 N–H and O–H groups in total. The summed E-state index contributed by atoms with van der Waals surface area (Å²) < 4.78 is 15.8. The number of imidazole rings is 1. The lowest BCUT2D eigenvalue weighted by atomic mass is 10.2. The molecule has 3 aromatic rings. The van der Waals surface area contributed by atoms with Crippen LogP contribution in [-0.4, -0.2) is 39.9 Å². The Morgan fingerprint density at radius 1 is 1.25 bits per heavy atom. The zero-order valence-corrected chi connectivity index (χ0v) is 14.1. The molecule has 1 saturated heterocycles. The topological polar surface area (TPSA) is 62.5 Å². The molecule has 0 saturated carbocycles. The van der Waals surface area contributed by atoms with Crippen LogP contribution in [0.15, 0.2) is 41.3 Å². The van der Waals surface area contributed by atoms with Crippen molar-refractivity contribution < 1.29 is 9.18 Å². The Bertz CT molecular complexity index is 924. The van der Waals surface area contributed by atoms with Gasteiger partial charge in [-0.3, -0.25) is 9.20 Å². The molecule has 4 rings (SSSR count). The second-order valence-corrected chi connectivity index (χ2v) is 6.23. The van der Waals surface area contributed by atoms with Gasteiger partial charge >= 0.3 is 0 Å². The molecule has 1 aliphatic rings. The summed E-state index contributed by atoms with van der Waals surface area (Å²) in [4.78, 5) is 22.6. The van der Waals surface area contributed by atoms with Crippen LogP contribution < -0.4 is 10.2 Å². The summed E-state index contributed by atoms with van der Waals surface area (Å²) in [6.45, 7) is 1.51. The van der Waals surface area contributed by atoms with Gasteiger partial charge in [-0.2, -0.15) is 0 Å². The highest BCUT2D eigenvalue weighted by molar-refractivity contribution is 9.10. The summed E-state index contributed by atoms with van der Waals surface area (Å²) in [6.07, 6.45) is 3.47. The van der Waals surface area contributed by atoms with Gasteiger partial charge in [0.05, 0.1) is 6.54 Å². The lowest BCUT2D eigenvalue weighted by Gasteiger charge is -2.27. The summed E-state index contributed by atoms with van der Waals surface area (Å²) in [7, 11) is 0. The van der Waals surface area contributed by atoms with Crippen LogP contribution in [0.3, 0.4) is 0 Å². The number of nitrogens with one attached hydrogen (secondary N) is 1. The first-order valence-electron chi connectivity index (χ1n) is 7.43. The fraction of sp³-hybridized carbons (Fsp3) is 0.188. The van der Waals surface area contributed by atoms with Crippen LogP contribution in [0.5, 0.6) is 0 Å². The van der Waals surface area contributed by atoms with Crippen molar-refractivity contribution in [3.05, 3.63) is 47.1 Å². The highest BCUT2D eigenvalue weighted by Crippen LogP contribution is 2.31. The Kier molecular flexibility index (Phi) is 3.68. The minimum atomic E-state index is -0.291. The van der Waals surface area contributed by atoms with Gasteiger partial charge in [0.1, 0.15) is 16.1 Å². The third-order valence-corrected chi connectivity index (χ3v) is 4.68. The van der Waals surface area contributed by atoms with Crippen molar-refractivity contribution in [3.8, 4) is 11.3 Å². The van der Waals surface area contributed by atoms with Gasteiger partial charge in [0.2, 0.25) is 5.91 Å². The molecule has 0 aliphatic carbocycles. The van der Waals surface area contributed by atoms with E-state index in [0.717, 1.165) is 10.2 Å². The van der Waals surface area contributed by atoms with Crippen LogP contribution in [-0.2, 0) is 4.79 Å². The van der Waals surface area contributed by atoms with E-state index in [4.69, 9.17) is 0 Å². The van der Waals surface area contributed by atoms with Gasteiger partial charge in [-0.1, -0.05) is 0 Å². The van der Waals surface area contributed by atoms with Gasteiger partial charge in [0, 0.05) is 31.0 Å². The van der Waals surface area contributed by atoms with E-state index in [2.05, 4.69) is 31.2 Å². The van der Waals surface area contributed by atoms with Gasteiger partial charge in [0.25, 0.3) is 0 Å². The number of fused-ring (bicyclic) bond motifs is 1. The summed E-state index contributed by atoms with van der Waals surface area (Å²) in [5.41, 5.74) is 2.15. The second kappa shape index (κ2) is 5.86. The fourth-order valence-electron chi connectivity index (χ4n) is 2.77. The Balaban J connectivity index is 1.84. The molecule has 8 heteroatoms. The van der Waals surface area contributed by atoms with Gasteiger partial charge < -0.3 is 10.2 Å². The molecule has 24 heavy (non-hydrogen) atoms. The van der Waals surface area contributed by atoms with Gasteiger partial charge in [0.15, 0.2) is 11.5 Å². The monoisotopic (exact) mass is 389 g/mol. The minimum Gasteiger partial charge on any atom is -0.353 e. The van der Waals surface area contributed by atoms with Crippen molar-refractivity contribution in [2.24, 2.45) is 0 Å². The summed E-state index contributed by atoms with van der Waals surface area (Å²) in [5, 5.41) is 2.80. The number of nitrogens with zero attached hydrogens (tertiary/aromatic N) is 4. The molecule has 0 atom stereocenters. The Morgan fingerprint density at radius 3 is 2.79 bits per heavy atom. The fourth-order valence-corrected chi connectivity index (χ4v) is 3.37. The van der Waals surface area contributed by atoms with E-state index >= 15 is 0 Å². The van der Waals surface area contributed by atoms with Gasteiger partial charge in [-0.05, 0) is 40.2 Å². The predicted octanol–water partition coefficient (Wildman–Crippen LogP) is 2.23. The maximum absolute atomic E-state index is 13.2. The molecule has 0 unspecified atom stereocenters. The van der Waals surface area contributed by atoms with E-state index in [9.17, 15) is 9.18 Å². The molecule has 1 amide bonds. The lowest BCUT2D eigenvalue weighted by Crippen LogP contribution is -2.48. The number of carbonyl (C=O) groups is 1. The van der Waals surface area contributed by atoms with Crippen molar-refractivity contribution in [1.82, 2.24) is 19.7 Å². The maximum atomic E-state index is 13.2. The van der Waals surface area contributed by atoms with Crippen LogP contribution >= 0.6 is 15.9 Å². The molecular formula is C16H13BrFN5O. The number of benzene rings is 1. The quantitative estimate of drug-likeness (QED) is 0.729. The molecule has 122 valence electrons. The molecule has 1 aliphatic heterocycles. The molecule has 0 bridgehead atoms. The van der Waals surface area contributed by atoms with Crippen LogP contribution in [0.1, 0.15) is 0 Å². The van der Waals surface area contributed by atoms with Crippen molar-refractivity contribution in [1.29, 1.82) is 0 Å². The number of halogens is 2. The van der Waals surface area contributed by atoms with Crippen molar-refractivity contribution in [2.45, 2.75) is 0 Å².